The standard InChI is InChI=1S/C10H9N3O2/c11-8(10(14)15)6-2-1-3-7-9(6)13-5-4-12-7/h1-5,8H,11H2,(H,14,15)/t8-/m0/s1. The number of benzene rings is 1. The summed E-state index contributed by atoms with van der Waals surface area (Å²) in [7, 11) is 0. The topological polar surface area (TPSA) is 89.1 Å². The van der Waals surface area contributed by atoms with Gasteiger partial charge in [0, 0.05) is 18.0 Å². The number of para-hydroxylation sites is 1. The summed E-state index contributed by atoms with van der Waals surface area (Å²) in [4.78, 5) is 18.9. The molecule has 0 radical (unpaired) electrons. The van der Waals surface area contributed by atoms with E-state index in [1.54, 1.807) is 24.4 Å². The second-order valence-electron chi connectivity index (χ2n) is 3.09. The molecule has 2 aromatic rings. The van der Waals surface area contributed by atoms with Crippen LogP contribution < -0.4 is 5.73 Å². The van der Waals surface area contributed by atoms with Gasteiger partial charge >= 0.3 is 5.97 Å². The molecule has 0 spiro atoms. The first-order valence-electron chi connectivity index (χ1n) is 4.38. The molecule has 1 atom stereocenters. The largest absolute Gasteiger partial charge is 0.480 e. The number of nitrogens with two attached hydrogens (primary N) is 1. The van der Waals surface area contributed by atoms with Crippen LogP contribution in [-0.2, 0) is 4.79 Å². The number of nitrogens with zero attached hydrogens (tertiary/aromatic N) is 2. The number of rotatable bonds is 2. The number of fused-ring (bicyclic) bond motifs is 1. The molecule has 1 heterocycles. The van der Waals surface area contributed by atoms with E-state index < -0.39 is 12.0 Å². The minimum absolute atomic E-state index is 0.480. The quantitative estimate of drug-likeness (QED) is 0.750. The zero-order valence-electron chi connectivity index (χ0n) is 7.79. The molecule has 3 N–H and O–H groups in total. The third-order valence-corrected chi connectivity index (χ3v) is 2.13. The van der Waals surface area contributed by atoms with Gasteiger partial charge in [-0.1, -0.05) is 12.1 Å². The number of aromatic nitrogens is 2. The average Bonchev–Trinajstić information content (AvgIpc) is 2.27. The van der Waals surface area contributed by atoms with Crippen molar-refractivity contribution < 1.29 is 9.90 Å². The van der Waals surface area contributed by atoms with Crippen molar-refractivity contribution in [3.8, 4) is 0 Å². The normalized spacial score (nSPS) is 12.6. The molecule has 0 aliphatic rings. The highest BCUT2D eigenvalue weighted by Crippen LogP contribution is 2.19. The molecule has 0 amide bonds. The zero-order valence-corrected chi connectivity index (χ0v) is 7.79. The monoisotopic (exact) mass is 203 g/mol. The van der Waals surface area contributed by atoms with Crippen molar-refractivity contribution in [2.45, 2.75) is 6.04 Å². The summed E-state index contributed by atoms with van der Waals surface area (Å²) in [6.07, 6.45) is 3.07. The lowest BCUT2D eigenvalue weighted by molar-refractivity contribution is -0.138. The van der Waals surface area contributed by atoms with Crippen molar-refractivity contribution in [1.29, 1.82) is 0 Å². The zero-order chi connectivity index (χ0) is 10.8. The molecule has 0 aliphatic heterocycles. The van der Waals surface area contributed by atoms with Crippen molar-refractivity contribution in [1.82, 2.24) is 9.97 Å². The summed E-state index contributed by atoms with van der Waals surface area (Å²) in [5.74, 6) is -1.08. The van der Waals surface area contributed by atoms with E-state index in [2.05, 4.69) is 9.97 Å². The van der Waals surface area contributed by atoms with Crippen molar-refractivity contribution >= 4 is 17.0 Å². The van der Waals surface area contributed by atoms with Crippen LogP contribution in [0.2, 0.25) is 0 Å². The number of carboxylic acid groups (broad SMARTS) is 1. The third-order valence-electron chi connectivity index (χ3n) is 2.13. The molecule has 5 nitrogen and oxygen atoms in total. The summed E-state index contributed by atoms with van der Waals surface area (Å²) in [6, 6.07) is 4.07. The van der Waals surface area contributed by atoms with Gasteiger partial charge in [-0.25, -0.2) is 0 Å². The molecule has 0 fully saturated rings. The molecule has 1 aromatic carbocycles. The van der Waals surface area contributed by atoms with Gasteiger partial charge in [0.25, 0.3) is 0 Å². The summed E-state index contributed by atoms with van der Waals surface area (Å²) >= 11 is 0. The molecule has 76 valence electrons. The summed E-state index contributed by atoms with van der Waals surface area (Å²) in [5, 5.41) is 8.82. The van der Waals surface area contributed by atoms with Crippen molar-refractivity contribution in [2.24, 2.45) is 5.73 Å². The summed E-state index contributed by atoms with van der Waals surface area (Å²) in [5.41, 5.74) is 7.20. The molecule has 5 heteroatoms. The highest BCUT2D eigenvalue weighted by atomic mass is 16.4. The lowest BCUT2D eigenvalue weighted by Gasteiger charge is -2.08. The fraction of sp³-hybridized carbons (Fsp3) is 0.100. The van der Waals surface area contributed by atoms with Crippen LogP contribution in [0.25, 0.3) is 11.0 Å². The lowest BCUT2D eigenvalue weighted by Crippen LogP contribution is -2.21. The minimum Gasteiger partial charge on any atom is -0.480 e. The highest BCUT2D eigenvalue weighted by Gasteiger charge is 2.17. The number of hydrogen-bond donors (Lipinski definition) is 2. The Morgan fingerprint density at radius 3 is 2.80 bits per heavy atom. The van der Waals surface area contributed by atoms with Crippen LogP contribution in [0.1, 0.15) is 11.6 Å². The van der Waals surface area contributed by atoms with E-state index in [1.165, 1.54) is 6.20 Å². The van der Waals surface area contributed by atoms with Crippen LogP contribution >= 0.6 is 0 Å². The minimum atomic E-state index is -1.08. The highest BCUT2D eigenvalue weighted by molar-refractivity contribution is 5.85. The predicted molar refractivity (Wildman–Crippen MR) is 54.1 cm³/mol. The van der Waals surface area contributed by atoms with Gasteiger partial charge in [0.15, 0.2) is 0 Å². The molecule has 1 aromatic heterocycles. The first kappa shape index (κ1) is 9.54. The van der Waals surface area contributed by atoms with Crippen molar-refractivity contribution in [3.63, 3.8) is 0 Å². The molecule has 0 aliphatic carbocycles. The van der Waals surface area contributed by atoms with Gasteiger partial charge in [-0.3, -0.25) is 14.8 Å². The van der Waals surface area contributed by atoms with Gasteiger partial charge < -0.3 is 10.8 Å². The second-order valence-corrected chi connectivity index (χ2v) is 3.09. The van der Waals surface area contributed by atoms with E-state index in [1.807, 2.05) is 0 Å². The maximum absolute atomic E-state index is 10.8. The average molecular weight is 203 g/mol. The summed E-state index contributed by atoms with van der Waals surface area (Å²) < 4.78 is 0. The smallest absolute Gasteiger partial charge is 0.325 e. The molecule has 0 saturated heterocycles. The van der Waals surface area contributed by atoms with Crippen LogP contribution in [0.3, 0.4) is 0 Å². The number of carboxylic acids is 1. The Hall–Kier alpha value is -2.01. The van der Waals surface area contributed by atoms with Crippen LogP contribution in [-0.4, -0.2) is 21.0 Å². The Kier molecular flexibility index (Phi) is 2.31. The van der Waals surface area contributed by atoms with Gasteiger partial charge in [0.2, 0.25) is 0 Å². The molecular weight excluding hydrogens is 194 g/mol. The Bertz CT molecular complexity index is 507. The SMILES string of the molecule is N[C@H](C(=O)O)c1cccc2nccnc12. The maximum atomic E-state index is 10.8. The molecule has 0 saturated carbocycles. The Morgan fingerprint density at radius 2 is 2.07 bits per heavy atom. The van der Waals surface area contributed by atoms with E-state index in [9.17, 15) is 4.79 Å². The van der Waals surface area contributed by atoms with Crippen molar-refractivity contribution in [2.75, 3.05) is 0 Å². The Balaban J connectivity index is 2.65. The molecule has 0 bridgehead atoms. The number of carbonyl (C=O) groups is 1. The fourth-order valence-electron chi connectivity index (χ4n) is 1.40. The second kappa shape index (κ2) is 3.62. The van der Waals surface area contributed by atoms with Crippen molar-refractivity contribution in [3.05, 3.63) is 36.2 Å². The molecular formula is C10H9N3O2. The Morgan fingerprint density at radius 1 is 1.33 bits per heavy atom. The van der Waals surface area contributed by atoms with E-state index in [0.717, 1.165) is 0 Å². The van der Waals surface area contributed by atoms with Crippen LogP contribution in [0.15, 0.2) is 30.6 Å². The van der Waals surface area contributed by atoms with E-state index >= 15 is 0 Å². The fourth-order valence-corrected chi connectivity index (χ4v) is 1.40. The molecule has 15 heavy (non-hydrogen) atoms. The van der Waals surface area contributed by atoms with Crippen LogP contribution in [0.4, 0.5) is 0 Å². The van der Waals surface area contributed by atoms with E-state index in [4.69, 9.17) is 10.8 Å². The molecule has 2 rings (SSSR count). The van der Waals surface area contributed by atoms with Gasteiger partial charge in [-0.05, 0) is 6.07 Å². The van der Waals surface area contributed by atoms with Gasteiger partial charge in [0.05, 0.1) is 11.0 Å². The summed E-state index contributed by atoms with van der Waals surface area (Å²) in [6.45, 7) is 0. The number of aliphatic carboxylic acids is 1. The van der Waals surface area contributed by atoms with E-state index in [-0.39, 0.29) is 0 Å². The van der Waals surface area contributed by atoms with Gasteiger partial charge in [0.1, 0.15) is 6.04 Å². The first-order valence-corrected chi connectivity index (χ1v) is 4.38. The number of hydrogen-bond acceptors (Lipinski definition) is 4. The maximum Gasteiger partial charge on any atom is 0.325 e. The molecule has 0 unspecified atom stereocenters. The van der Waals surface area contributed by atoms with Gasteiger partial charge in [-0.15, -0.1) is 0 Å². The van der Waals surface area contributed by atoms with E-state index in [0.29, 0.717) is 16.6 Å². The Labute approximate surface area is 85.6 Å². The predicted octanol–water partition coefficient (Wildman–Crippen LogP) is 0.714. The van der Waals surface area contributed by atoms with Crippen LogP contribution in [0.5, 0.6) is 0 Å². The lowest BCUT2D eigenvalue weighted by atomic mass is 10.1. The van der Waals surface area contributed by atoms with Crippen LogP contribution in [0, 0.1) is 0 Å². The first-order chi connectivity index (χ1) is 7.20. The van der Waals surface area contributed by atoms with Gasteiger partial charge in [-0.2, -0.15) is 0 Å². The third kappa shape index (κ3) is 1.64.